The van der Waals surface area contributed by atoms with Gasteiger partial charge in [0, 0.05) is 6.07 Å². The number of carboxylic acids is 1. The molecule has 1 atom stereocenters. The lowest BCUT2D eigenvalue weighted by atomic mass is 10.1. The summed E-state index contributed by atoms with van der Waals surface area (Å²) >= 11 is 0. The molecule has 0 saturated heterocycles. The van der Waals surface area contributed by atoms with Crippen LogP contribution in [0, 0.1) is 10.1 Å². The number of benzene rings is 1. The molecule has 1 rings (SSSR count). The first-order chi connectivity index (χ1) is 8.90. The number of methoxy groups -OCH3 is 1. The molecule has 0 aliphatic heterocycles. The molecular weight excluding hydrogens is 258 g/mol. The number of carboxylic acid groups (broad SMARTS) is 1. The minimum Gasteiger partial charge on any atom is -0.493 e. The molecule has 0 spiro atoms. The number of rotatable bonds is 6. The van der Waals surface area contributed by atoms with Crippen LogP contribution in [0.5, 0.6) is 11.5 Å². The maximum Gasteiger partial charge on any atom is 0.344 e. The molecule has 8 nitrogen and oxygen atoms in total. The fourth-order valence-corrected chi connectivity index (χ4v) is 1.31. The number of aldehydes is 1. The van der Waals surface area contributed by atoms with E-state index in [0.29, 0.717) is 6.29 Å². The molecule has 0 aliphatic carbocycles. The summed E-state index contributed by atoms with van der Waals surface area (Å²) in [6.07, 6.45) is -0.902. The number of carbonyl (C=O) groups excluding carboxylic acids is 1. The van der Waals surface area contributed by atoms with E-state index in [-0.39, 0.29) is 17.1 Å². The van der Waals surface area contributed by atoms with Gasteiger partial charge in [-0.25, -0.2) is 4.79 Å². The van der Waals surface area contributed by atoms with Crippen molar-refractivity contribution >= 4 is 17.9 Å². The normalized spacial score (nSPS) is 11.5. The van der Waals surface area contributed by atoms with Crippen LogP contribution in [-0.2, 0) is 4.79 Å². The van der Waals surface area contributed by atoms with Crippen molar-refractivity contribution in [3.8, 4) is 11.5 Å². The average molecular weight is 269 g/mol. The standard InChI is InChI=1S/C11H11NO7/c1-6(11(14)15)19-10-4-8(12(16)17)7(5-13)3-9(10)18-2/h3-6H,1-2H3,(H,14,15). The molecule has 0 amide bonds. The zero-order valence-electron chi connectivity index (χ0n) is 10.2. The molecule has 8 heteroatoms. The van der Waals surface area contributed by atoms with Crippen LogP contribution in [0.4, 0.5) is 5.69 Å². The van der Waals surface area contributed by atoms with Crippen molar-refractivity contribution in [2.75, 3.05) is 7.11 Å². The molecule has 0 bridgehead atoms. The summed E-state index contributed by atoms with van der Waals surface area (Å²) in [5, 5.41) is 19.5. The molecule has 102 valence electrons. The summed E-state index contributed by atoms with van der Waals surface area (Å²) in [6, 6.07) is 2.08. The molecule has 0 heterocycles. The highest BCUT2D eigenvalue weighted by Crippen LogP contribution is 2.34. The van der Waals surface area contributed by atoms with Gasteiger partial charge in [0.1, 0.15) is 0 Å². The summed E-state index contributed by atoms with van der Waals surface area (Å²) in [6.45, 7) is 1.27. The second-order valence-electron chi connectivity index (χ2n) is 3.54. The van der Waals surface area contributed by atoms with Crippen molar-refractivity contribution in [3.63, 3.8) is 0 Å². The lowest BCUT2D eigenvalue weighted by molar-refractivity contribution is -0.385. The molecular formula is C11H11NO7. The quantitative estimate of drug-likeness (QED) is 0.469. The van der Waals surface area contributed by atoms with E-state index >= 15 is 0 Å². The fraction of sp³-hybridized carbons (Fsp3) is 0.273. The highest BCUT2D eigenvalue weighted by molar-refractivity contribution is 5.83. The summed E-state index contributed by atoms with van der Waals surface area (Å²) in [5.41, 5.74) is -0.666. The van der Waals surface area contributed by atoms with Crippen LogP contribution in [-0.4, -0.2) is 35.5 Å². The van der Waals surface area contributed by atoms with E-state index in [4.69, 9.17) is 14.6 Å². The van der Waals surface area contributed by atoms with Gasteiger partial charge in [-0.05, 0) is 6.92 Å². The number of hydrogen-bond donors (Lipinski definition) is 1. The Morgan fingerprint density at radius 2 is 2.11 bits per heavy atom. The first kappa shape index (κ1) is 14.4. The van der Waals surface area contributed by atoms with Crippen molar-refractivity contribution in [1.29, 1.82) is 0 Å². The van der Waals surface area contributed by atoms with Gasteiger partial charge in [-0.3, -0.25) is 14.9 Å². The number of hydrogen-bond acceptors (Lipinski definition) is 6. The Morgan fingerprint density at radius 1 is 1.47 bits per heavy atom. The molecule has 1 aromatic rings. The summed E-state index contributed by atoms with van der Waals surface area (Å²) in [5.74, 6) is -1.31. The minimum atomic E-state index is -1.23. The average Bonchev–Trinajstić information content (AvgIpc) is 2.37. The van der Waals surface area contributed by atoms with Crippen LogP contribution in [0.2, 0.25) is 0 Å². The lowest BCUT2D eigenvalue weighted by Crippen LogP contribution is -2.23. The molecule has 0 radical (unpaired) electrons. The molecule has 19 heavy (non-hydrogen) atoms. The Labute approximate surface area is 107 Å². The molecule has 0 saturated carbocycles. The van der Waals surface area contributed by atoms with Gasteiger partial charge in [0.25, 0.3) is 5.69 Å². The van der Waals surface area contributed by atoms with Gasteiger partial charge in [-0.1, -0.05) is 0 Å². The highest BCUT2D eigenvalue weighted by atomic mass is 16.6. The molecule has 1 aromatic carbocycles. The van der Waals surface area contributed by atoms with Crippen molar-refractivity contribution in [2.45, 2.75) is 13.0 Å². The summed E-state index contributed by atoms with van der Waals surface area (Å²) in [4.78, 5) is 31.5. The maximum atomic E-state index is 10.8. The van der Waals surface area contributed by atoms with Gasteiger partial charge in [0.2, 0.25) is 0 Å². The zero-order chi connectivity index (χ0) is 14.6. The van der Waals surface area contributed by atoms with Crippen LogP contribution in [0.15, 0.2) is 12.1 Å². The number of aliphatic carboxylic acids is 1. The largest absolute Gasteiger partial charge is 0.493 e. The van der Waals surface area contributed by atoms with E-state index in [1.807, 2.05) is 0 Å². The van der Waals surface area contributed by atoms with Crippen LogP contribution >= 0.6 is 0 Å². The summed E-state index contributed by atoms with van der Waals surface area (Å²) in [7, 11) is 1.27. The second kappa shape index (κ2) is 5.80. The van der Waals surface area contributed by atoms with Crippen LogP contribution in [0.3, 0.4) is 0 Å². The predicted molar refractivity (Wildman–Crippen MR) is 62.8 cm³/mol. The number of nitro groups is 1. The highest BCUT2D eigenvalue weighted by Gasteiger charge is 2.22. The summed E-state index contributed by atoms with van der Waals surface area (Å²) < 4.78 is 9.95. The first-order valence-electron chi connectivity index (χ1n) is 5.11. The molecule has 1 N–H and O–H groups in total. The Balaban J connectivity index is 3.29. The fourth-order valence-electron chi connectivity index (χ4n) is 1.31. The zero-order valence-corrected chi connectivity index (χ0v) is 10.2. The smallest absolute Gasteiger partial charge is 0.344 e. The van der Waals surface area contributed by atoms with E-state index in [2.05, 4.69) is 0 Å². The molecule has 1 unspecified atom stereocenters. The van der Waals surface area contributed by atoms with Crippen molar-refractivity contribution in [1.82, 2.24) is 0 Å². The number of carbonyl (C=O) groups is 2. The van der Waals surface area contributed by atoms with E-state index in [1.54, 1.807) is 0 Å². The van der Waals surface area contributed by atoms with E-state index < -0.39 is 22.7 Å². The topological polar surface area (TPSA) is 116 Å². The maximum absolute atomic E-state index is 10.8. The number of nitro benzene ring substituents is 1. The third kappa shape index (κ3) is 3.18. The van der Waals surface area contributed by atoms with E-state index in [1.165, 1.54) is 14.0 Å². The van der Waals surface area contributed by atoms with Crippen LogP contribution < -0.4 is 9.47 Å². The first-order valence-corrected chi connectivity index (χ1v) is 5.11. The van der Waals surface area contributed by atoms with Crippen molar-refractivity contribution in [3.05, 3.63) is 27.8 Å². The van der Waals surface area contributed by atoms with Crippen LogP contribution in [0.25, 0.3) is 0 Å². The Hall–Kier alpha value is -2.64. The van der Waals surface area contributed by atoms with Gasteiger partial charge >= 0.3 is 5.97 Å². The van der Waals surface area contributed by atoms with Gasteiger partial charge in [-0.15, -0.1) is 0 Å². The SMILES string of the molecule is COc1cc(C=O)c([N+](=O)[O-])cc1OC(C)C(=O)O. The van der Waals surface area contributed by atoms with Crippen molar-refractivity contribution in [2.24, 2.45) is 0 Å². The van der Waals surface area contributed by atoms with Crippen molar-refractivity contribution < 1.29 is 29.1 Å². The minimum absolute atomic E-state index is 0.0424. The third-order valence-electron chi connectivity index (χ3n) is 2.29. The monoisotopic (exact) mass is 269 g/mol. The van der Waals surface area contributed by atoms with Crippen LogP contribution in [0.1, 0.15) is 17.3 Å². The molecule has 0 aliphatic rings. The van der Waals surface area contributed by atoms with Gasteiger partial charge in [-0.2, -0.15) is 0 Å². The van der Waals surface area contributed by atoms with E-state index in [9.17, 15) is 19.7 Å². The Bertz CT molecular complexity index is 526. The number of nitrogens with zero attached hydrogens (tertiary/aromatic N) is 1. The van der Waals surface area contributed by atoms with E-state index in [0.717, 1.165) is 12.1 Å². The Kier molecular flexibility index (Phi) is 4.41. The predicted octanol–water partition coefficient (Wildman–Crippen LogP) is 1.27. The van der Waals surface area contributed by atoms with Gasteiger partial charge < -0.3 is 14.6 Å². The second-order valence-corrected chi connectivity index (χ2v) is 3.54. The lowest BCUT2D eigenvalue weighted by Gasteiger charge is -2.14. The van der Waals surface area contributed by atoms with Gasteiger partial charge in [0.05, 0.1) is 23.7 Å². The third-order valence-corrected chi connectivity index (χ3v) is 2.29. The van der Waals surface area contributed by atoms with Gasteiger partial charge in [0.15, 0.2) is 23.9 Å². The number of ether oxygens (including phenoxy) is 2. The Morgan fingerprint density at radius 3 is 2.53 bits per heavy atom. The molecule has 0 aromatic heterocycles. The molecule has 0 fully saturated rings.